The molecule has 0 aromatic heterocycles. The largest absolute Gasteiger partial charge is 0.311 e. The molecule has 2 nitrogen and oxygen atoms in total. The van der Waals surface area contributed by atoms with Crippen molar-refractivity contribution in [2.75, 3.05) is 9.80 Å². The lowest BCUT2D eigenvalue weighted by Crippen LogP contribution is -2.62. The van der Waals surface area contributed by atoms with E-state index in [-0.39, 0.29) is 39.2 Å². The summed E-state index contributed by atoms with van der Waals surface area (Å²) < 4.78 is 27.1. The van der Waals surface area contributed by atoms with E-state index < -0.39 is 6.85 Å². The van der Waals surface area contributed by atoms with Crippen LogP contribution >= 0.6 is 0 Å². The van der Waals surface area contributed by atoms with Crippen LogP contribution in [0.4, 0.5) is 34.1 Å². The number of fused-ring (bicyclic) bond motifs is 6. The van der Waals surface area contributed by atoms with Gasteiger partial charge >= 0.3 is 0 Å². The Kier molecular flexibility index (Phi) is 7.85. The maximum atomic E-state index is 9.03. The van der Waals surface area contributed by atoms with Gasteiger partial charge < -0.3 is 9.80 Å². The minimum Gasteiger partial charge on any atom is -0.311 e. The first-order chi connectivity index (χ1) is 28.5. The molecule has 2 aliphatic carbocycles. The molecule has 2 aliphatic heterocycles. The second-order valence-corrected chi connectivity index (χ2v) is 23.5. The molecule has 9 rings (SSSR count). The second-order valence-electron chi connectivity index (χ2n) is 23.5. The molecular formula is C56H69BN2. The van der Waals surface area contributed by atoms with Gasteiger partial charge in [0.05, 0.1) is 0 Å². The van der Waals surface area contributed by atoms with Crippen LogP contribution in [0.3, 0.4) is 0 Å². The number of hydrogen-bond acceptors (Lipinski definition) is 2. The zero-order valence-corrected chi connectivity index (χ0v) is 38.8. The average molecular weight is 784 g/mol. The Hall–Kier alpha value is -4.24. The molecule has 0 saturated heterocycles. The molecule has 2 heterocycles. The highest BCUT2D eigenvalue weighted by atomic mass is 15.2. The Morgan fingerprint density at radius 1 is 0.492 bits per heavy atom. The lowest BCUT2D eigenvalue weighted by molar-refractivity contribution is 0.332. The van der Waals surface area contributed by atoms with Crippen LogP contribution in [0.2, 0.25) is 0 Å². The summed E-state index contributed by atoms with van der Waals surface area (Å²) in [5, 5.41) is 0. The van der Waals surface area contributed by atoms with E-state index >= 15 is 0 Å². The number of benzene rings is 5. The molecular weight excluding hydrogens is 711 g/mol. The highest BCUT2D eigenvalue weighted by Crippen LogP contribution is 2.53. The van der Waals surface area contributed by atoms with E-state index in [1.54, 1.807) is 0 Å². The van der Waals surface area contributed by atoms with Crippen molar-refractivity contribution in [1.29, 1.82) is 0 Å². The number of hydrogen-bond donors (Lipinski definition) is 0. The van der Waals surface area contributed by atoms with E-state index in [0.29, 0.717) is 5.56 Å². The third kappa shape index (κ3) is 6.17. The zero-order chi connectivity index (χ0) is 45.1. The number of anilines is 6. The van der Waals surface area contributed by atoms with Gasteiger partial charge in [-0.25, -0.2) is 0 Å². The lowest BCUT2D eigenvalue weighted by atomic mass is 9.33. The minimum absolute atomic E-state index is 0.000309. The highest BCUT2D eigenvalue weighted by Gasteiger charge is 2.47. The molecule has 5 aromatic carbocycles. The van der Waals surface area contributed by atoms with Crippen molar-refractivity contribution in [1.82, 2.24) is 0 Å². The quantitative estimate of drug-likeness (QED) is 0.161. The minimum atomic E-state index is -2.33. The first-order valence-corrected chi connectivity index (χ1v) is 22.4. The van der Waals surface area contributed by atoms with E-state index in [1.165, 1.54) is 61.0 Å². The third-order valence-electron chi connectivity index (χ3n) is 15.3. The molecule has 0 fully saturated rings. The van der Waals surface area contributed by atoms with Crippen molar-refractivity contribution in [2.45, 2.75) is 169 Å². The highest BCUT2D eigenvalue weighted by molar-refractivity contribution is 7.00. The van der Waals surface area contributed by atoms with Gasteiger partial charge in [-0.15, -0.1) is 0 Å². The van der Waals surface area contributed by atoms with Gasteiger partial charge in [-0.05, 0) is 175 Å². The van der Waals surface area contributed by atoms with Gasteiger partial charge in [-0.1, -0.05) is 133 Å². The van der Waals surface area contributed by atoms with Gasteiger partial charge in [0, 0.05) is 38.2 Å². The zero-order valence-electron chi connectivity index (χ0n) is 41.8. The van der Waals surface area contributed by atoms with Crippen LogP contribution in [0.15, 0.2) is 78.9 Å². The Labute approximate surface area is 362 Å². The lowest BCUT2D eigenvalue weighted by Gasteiger charge is -2.48. The second kappa shape index (κ2) is 12.7. The normalized spacial score (nSPS) is 20.3. The summed E-state index contributed by atoms with van der Waals surface area (Å²) in [5.74, 6) is 0. The number of nitrogens with zero attached hydrogens (tertiary/aromatic N) is 2. The molecule has 4 aliphatic rings. The predicted molar refractivity (Wildman–Crippen MR) is 258 cm³/mol. The van der Waals surface area contributed by atoms with Gasteiger partial charge in [-0.3, -0.25) is 0 Å². The molecule has 5 aromatic rings. The maximum absolute atomic E-state index is 9.03. The summed E-state index contributed by atoms with van der Waals surface area (Å²) in [5.41, 5.74) is 19.9. The molecule has 0 unspecified atom stereocenters. The standard InChI is InChI=1S/C56H69BN2/c1-34-27-48-50-49(28-34)59(45-21-17-36(29-35(45)2)51(3,4)5)46-22-18-37(52(6,7)8)30-43(46)57(50)44-32-41-42(56(15,16)26-25-55(41,13)14)33-47(44)58(48)38-19-20-39-40(31-38)54(11,12)24-23-53(39,9)10/h17-22,27-33H,23-26H2,1-16H3/i1D3. The fourth-order valence-corrected chi connectivity index (χ4v) is 11.2. The van der Waals surface area contributed by atoms with Gasteiger partial charge in [0.25, 0.3) is 6.71 Å². The molecule has 0 saturated carbocycles. The first kappa shape index (κ1) is 36.6. The van der Waals surface area contributed by atoms with Crippen molar-refractivity contribution in [3.05, 3.63) is 123 Å². The van der Waals surface area contributed by atoms with E-state index in [9.17, 15) is 0 Å². The summed E-state index contributed by atoms with van der Waals surface area (Å²) in [6, 6.07) is 30.3. The van der Waals surface area contributed by atoms with E-state index in [2.05, 4.69) is 180 Å². The van der Waals surface area contributed by atoms with Crippen LogP contribution in [-0.2, 0) is 32.5 Å². The Bertz CT molecular complexity index is 2680. The van der Waals surface area contributed by atoms with Crippen molar-refractivity contribution in [3.8, 4) is 0 Å². The summed E-state index contributed by atoms with van der Waals surface area (Å²) in [7, 11) is 0. The molecule has 59 heavy (non-hydrogen) atoms. The van der Waals surface area contributed by atoms with Crippen LogP contribution in [0.25, 0.3) is 0 Å². The van der Waals surface area contributed by atoms with Gasteiger partial charge in [0.15, 0.2) is 0 Å². The topological polar surface area (TPSA) is 6.48 Å². The first-order valence-electron chi connectivity index (χ1n) is 23.9. The molecule has 0 amide bonds. The van der Waals surface area contributed by atoms with Crippen molar-refractivity contribution >= 4 is 57.2 Å². The van der Waals surface area contributed by atoms with Crippen LogP contribution in [0.1, 0.15) is 171 Å². The number of rotatable bonds is 2. The van der Waals surface area contributed by atoms with Crippen molar-refractivity contribution in [3.63, 3.8) is 0 Å². The smallest absolute Gasteiger partial charge is 0.252 e. The van der Waals surface area contributed by atoms with Crippen LogP contribution in [0.5, 0.6) is 0 Å². The summed E-state index contributed by atoms with van der Waals surface area (Å²) >= 11 is 0. The molecule has 306 valence electrons. The molecule has 3 heteroatoms. The Morgan fingerprint density at radius 3 is 1.54 bits per heavy atom. The van der Waals surface area contributed by atoms with Crippen molar-refractivity contribution in [2.24, 2.45) is 0 Å². The summed E-state index contributed by atoms with van der Waals surface area (Å²) in [6.45, 7) is 32.8. The fourth-order valence-electron chi connectivity index (χ4n) is 11.2. The van der Waals surface area contributed by atoms with E-state index in [0.717, 1.165) is 54.1 Å². The fraction of sp³-hybridized carbons (Fsp3) is 0.464. The summed E-state index contributed by atoms with van der Waals surface area (Å²) in [4.78, 5) is 4.88. The molecule has 0 bridgehead atoms. The number of aryl methyl sites for hydroxylation is 2. The third-order valence-corrected chi connectivity index (χ3v) is 15.3. The molecule has 0 atom stereocenters. The van der Waals surface area contributed by atoms with Gasteiger partial charge in [-0.2, -0.15) is 0 Å². The van der Waals surface area contributed by atoms with Crippen molar-refractivity contribution < 1.29 is 4.11 Å². The maximum Gasteiger partial charge on any atom is 0.252 e. The molecule has 0 radical (unpaired) electrons. The molecule has 0 N–H and O–H groups in total. The van der Waals surface area contributed by atoms with E-state index in [1.807, 2.05) is 12.1 Å². The summed E-state index contributed by atoms with van der Waals surface area (Å²) in [6.07, 6.45) is 4.50. The van der Waals surface area contributed by atoms with Gasteiger partial charge in [0.2, 0.25) is 0 Å². The average Bonchev–Trinajstić information content (AvgIpc) is 3.16. The van der Waals surface area contributed by atoms with Gasteiger partial charge in [0.1, 0.15) is 0 Å². The van der Waals surface area contributed by atoms with Crippen LogP contribution in [0, 0.1) is 13.8 Å². The van der Waals surface area contributed by atoms with E-state index in [4.69, 9.17) is 4.11 Å². The predicted octanol–water partition coefficient (Wildman–Crippen LogP) is 13.7. The Balaban J connectivity index is 1.45. The van der Waals surface area contributed by atoms with Crippen LogP contribution < -0.4 is 26.2 Å². The Morgan fingerprint density at radius 2 is 0.983 bits per heavy atom. The van der Waals surface area contributed by atoms with Crippen LogP contribution in [-0.4, -0.2) is 6.71 Å². The SMILES string of the molecule is [2H]C([2H])([2H])c1cc2c3c(c1)N(c1ccc(C(C)(C)C)cc1C)c1ccc(C(C)(C)C)cc1B3c1cc3c(cc1N2c1ccc2c(c1)C(C)(C)CCC2(C)C)C(C)(C)CCC3(C)C. The molecule has 0 spiro atoms. The monoisotopic (exact) mass is 784 g/mol.